The van der Waals surface area contributed by atoms with Crippen LogP contribution in [0.5, 0.6) is 5.88 Å². The highest BCUT2D eigenvalue weighted by molar-refractivity contribution is 6.12. The lowest BCUT2D eigenvalue weighted by atomic mass is 9.77. The number of aromatic nitrogens is 3. The second-order valence-electron chi connectivity index (χ2n) is 8.39. The molecule has 7 heteroatoms. The second kappa shape index (κ2) is 8.94. The normalized spacial score (nSPS) is 19.7. The average Bonchev–Trinajstić information content (AvgIpc) is 3.56. The predicted molar refractivity (Wildman–Crippen MR) is 129 cm³/mol. The first-order valence-electron chi connectivity index (χ1n) is 11.1. The minimum absolute atomic E-state index is 0.327. The van der Waals surface area contributed by atoms with Crippen LogP contribution < -0.4 is 10.1 Å². The molecule has 33 heavy (non-hydrogen) atoms. The first kappa shape index (κ1) is 21.0. The lowest BCUT2D eigenvalue weighted by molar-refractivity contribution is 0.398. The highest BCUT2D eigenvalue weighted by atomic mass is 16.5. The van der Waals surface area contributed by atoms with E-state index < -0.39 is 0 Å². The van der Waals surface area contributed by atoms with Gasteiger partial charge in [-0.3, -0.25) is 4.99 Å². The zero-order chi connectivity index (χ0) is 22.7. The lowest BCUT2D eigenvalue weighted by Crippen LogP contribution is -2.36. The first-order valence-corrected chi connectivity index (χ1v) is 11.1. The summed E-state index contributed by atoms with van der Waals surface area (Å²) in [5.74, 6) is 1.41. The molecule has 0 amide bonds. The molecule has 3 aromatic heterocycles. The fourth-order valence-electron chi connectivity index (χ4n) is 4.25. The minimum atomic E-state index is -0.327. The van der Waals surface area contributed by atoms with E-state index in [2.05, 4.69) is 38.9 Å². The third-order valence-corrected chi connectivity index (χ3v) is 6.14. The molecule has 0 fully saturated rings. The van der Waals surface area contributed by atoms with E-state index in [0.29, 0.717) is 5.88 Å². The van der Waals surface area contributed by atoms with Crippen LogP contribution in [0, 0.1) is 0 Å². The van der Waals surface area contributed by atoms with Crippen molar-refractivity contribution in [3.8, 4) is 5.88 Å². The average molecular weight is 442 g/mol. The maximum atomic E-state index is 5.75. The van der Waals surface area contributed by atoms with Crippen molar-refractivity contribution in [1.29, 1.82) is 0 Å². The summed E-state index contributed by atoms with van der Waals surface area (Å²) in [5, 5.41) is 3.70. The molecule has 168 valence electrons. The highest BCUT2D eigenvalue weighted by Gasteiger charge is 2.36. The highest BCUT2D eigenvalue weighted by Crippen LogP contribution is 2.42. The number of nitrogens with zero attached hydrogens (tertiary/aromatic N) is 4. The van der Waals surface area contributed by atoms with Crippen LogP contribution in [0.15, 0.2) is 88.3 Å². The third-order valence-electron chi connectivity index (χ3n) is 6.14. The van der Waals surface area contributed by atoms with Crippen molar-refractivity contribution >= 4 is 17.4 Å². The molecule has 7 nitrogen and oxygen atoms in total. The van der Waals surface area contributed by atoms with Crippen LogP contribution in [-0.4, -0.2) is 39.9 Å². The Morgan fingerprint density at radius 2 is 2.21 bits per heavy atom. The number of furan rings is 1. The molecule has 0 saturated carbocycles. The Hall–Kier alpha value is -3.87. The van der Waals surface area contributed by atoms with E-state index in [1.807, 2.05) is 55.4 Å². The zero-order valence-electron chi connectivity index (χ0n) is 18.9. The number of imidazole rings is 1. The topological polar surface area (TPSA) is 77.5 Å². The summed E-state index contributed by atoms with van der Waals surface area (Å²) in [6.45, 7) is 3.91. The van der Waals surface area contributed by atoms with Gasteiger partial charge in [0.2, 0.25) is 5.88 Å². The quantitative estimate of drug-likeness (QED) is 0.520. The number of ether oxygens (including phenoxy) is 1. The van der Waals surface area contributed by atoms with Gasteiger partial charge in [-0.15, -0.1) is 0 Å². The largest absolute Gasteiger partial charge is 0.481 e. The third kappa shape index (κ3) is 4.26. The van der Waals surface area contributed by atoms with E-state index >= 15 is 0 Å². The predicted octanol–water partition coefficient (Wildman–Crippen LogP) is 4.53. The van der Waals surface area contributed by atoms with Gasteiger partial charge in [0, 0.05) is 49.5 Å². The van der Waals surface area contributed by atoms with Gasteiger partial charge >= 0.3 is 0 Å². The van der Waals surface area contributed by atoms with Gasteiger partial charge in [0.1, 0.15) is 5.76 Å². The van der Waals surface area contributed by atoms with Crippen molar-refractivity contribution in [3.05, 3.63) is 90.2 Å². The molecule has 1 atom stereocenters. The number of pyridine rings is 1. The summed E-state index contributed by atoms with van der Waals surface area (Å²) in [6.07, 6.45) is 17.4. The van der Waals surface area contributed by atoms with Crippen molar-refractivity contribution < 1.29 is 9.15 Å². The molecule has 0 aromatic carbocycles. The minimum Gasteiger partial charge on any atom is -0.481 e. The van der Waals surface area contributed by atoms with E-state index in [9.17, 15) is 0 Å². The Morgan fingerprint density at radius 1 is 1.27 bits per heavy atom. The monoisotopic (exact) mass is 441 g/mol. The molecule has 0 radical (unpaired) electrons. The summed E-state index contributed by atoms with van der Waals surface area (Å²) < 4.78 is 13.1. The molecular formula is C26H27N5O2. The van der Waals surface area contributed by atoms with Crippen LogP contribution in [0.2, 0.25) is 0 Å². The van der Waals surface area contributed by atoms with Crippen molar-refractivity contribution in [1.82, 2.24) is 19.9 Å². The maximum absolute atomic E-state index is 5.75. The fraction of sp³-hybridized carbons (Fsp3) is 0.269. The number of nitrogens with one attached hydrogen (secondary N) is 1. The molecule has 4 heterocycles. The molecule has 0 saturated heterocycles. The van der Waals surface area contributed by atoms with Gasteiger partial charge in [-0.05, 0) is 55.2 Å². The lowest BCUT2D eigenvalue weighted by Gasteiger charge is -2.36. The van der Waals surface area contributed by atoms with Gasteiger partial charge < -0.3 is 19.0 Å². The Kier molecular flexibility index (Phi) is 5.69. The van der Waals surface area contributed by atoms with Crippen LogP contribution in [0.4, 0.5) is 0 Å². The molecule has 1 N–H and O–H groups in total. The summed E-state index contributed by atoms with van der Waals surface area (Å²) in [5.41, 5.74) is 5.06. The summed E-state index contributed by atoms with van der Waals surface area (Å²) in [7, 11) is 1.63. The SMILES string of the molecule is COc1ccc(C2=CCC3(C)N=CC(c4ccco4)=C(NCCCn4ccnc4)C3=C2)cn1. The Labute approximate surface area is 193 Å². The standard InChI is InChI=1S/C26H27N5O2/c1-26-9-8-19(20-6-7-24(32-2)29-16-20)15-22(26)25(21(17-30-26)23-5-3-14-33-23)28-10-4-12-31-13-11-27-18-31/h3,5-8,11,13-18,28H,4,9-10,12H2,1-2H3. The Morgan fingerprint density at radius 3 is 2.94 bits per heavy atom. The van der Waals surface area contributed by atoms with E-state index in [0.717, 1.165) is 59.7 Å². The number of aryl methyl sites for hydroxylation is 1. The van der Waals surface area contributed by atoms with Gasteiger partial charge in [-0.2, -0.15) is 0 Å². The number of allylic oxidation sites excluding steroid dienone is 3. The van der Waals surface area contributed by atoms with Gasteiger partial charge in [0.05, 0.1) is 36.5 Å². The summed E-state index contributed by atoms with van der Waals surface area (Å²) in [6, 6.07) is 7.81. The van der Waals surface area contributed by atoms with E-state index in [4.69, 9.17) is 14.1 Å². The van der Waals surface area contributed by atoms with Crippen molar-refractivity contribution in [2.45, 2.75) is 31.8 Å². The van der Waals surface area contributed by atoms with Gasteiger partial charge in [0.25, 0.3) is 0 Å². The van der Waals surface area contributed by atoms with Crippen LogP contribution in [-0.2, 0) is 6.54 Å². The number of aliphatic imine (C=N–C) groups is 1. The molecule has 1 aliphatic carbocycles. The molecule has 2 aliphatic rings. The van der Waals surface area contributed by atoms with Crippen molar-refractivity contribution in [2.24, 2.45) is 4.99 Å². The van der Waals surface area contributed by atoms with Crippen LogP contribution in [0.3, 0.4) is 0 Å². The molecular weight excluding hydrogens is 414 g/mol. The number of rotatable bonds is 8. The fourth-order valence-corrected chi connectivity index (χ4v) is 4.25. The molecule has 3 aromatic rings. The number of dihydropyridines is 1. The second-order valence-corrected chi connectivity index (χ2v) is 8.39. The summed E-state index contributed by atoms with van der Waals surface area (Å²) >= 11 is 0. The van der Waals surface area contributed by atoms with E-state index in [1.165, 1.54) is 0 Å². The number of hydrogen-bond acceptors (Lipinski definition) is 6. The smallest absolute Gasteiger partial charge is 0.212 e. The molecule has 1 aliphatic heterocycles. The number of fused-ring (bicyclic) bond motifs is 1. The maximum Gasteiger partial charge on any atom is 0.212 e. The molecule has 5 rings (SSSR count). The van der Waals surface area contributed by atoms with Gasteiger partial charge in [0.15, 0.2) is 0 Å². The number of hydrogen-bond donors (Lipinski definition) is 1. The zero-order valence-corrected chi connectivity index (χ0v) is 18.9. The summed E-state index contributed by atoms with van der Waals surface area (Å²) in [4.78, 5) is 13.5. The first-order chi connectivity index (χ1) is 16.2. The number of methoxy groups -OCH3 is 1. The molecule has 0 spiro atoms. The van der Waals surface area contributed by atoms with Crippen LogP contribution >= 0.6 is 0 Å². The Bertz CT molecular complexity index is 1220. The molecule has 0 bridgehead atoms. The van der Waals surface area contributed by atoms with E-state index in [-0.39, 0.29) is 5.54 Å². The van der Waals surface area contributed by atoms with Gasteiger partial charge in [-0.25, -0.2) is 9.97 Å². The van der Waals surface area contributed by atoms with Crippen molar-refractivity contribution in [2.75, 3.05) is 13.7 Å². The van der Waals surface area contributed by atoms with Crippen molar-refractivity contribution in [3.63, 3.8) is 0 Å². The molecule has 1 unspecified atom stereocenters. The Balaban J connectivity index is 1.46. The van der Waals surface area contributed by atoms with Gasteiger partial charge in [-0.1, -0.05) is 6.08 Å². The van der Waals surface area contributed by atoms with Crippen LogP contribution in [0.1, 0.15) is 31.1 Å². The van der Waals surface area contributed by atoms with E-state index in [1.54, 1.807) is 13.4 Å². The van der Waals surface area contributed by atoms with Crippen LogP contribution in [0.25, 0.3) is 11.1 Å².